The first-order chi connectivity index (χ1) is 68.5. The van der Waals surface area contributed by atoms with Crippen molar-refractivity contribution in [3.8, 4) is 11.5 Å². The van der Waals surface area contributed by atoms with Crippen LogP contribution in [0.5, 0.6) is 11.5 Å². The molecule has 7 aliphatic heterocycles. The molecule has 0 saturated heterocycles. The van der Waals surface area contributed by atoms with Crippen LogP contribution in [0.15, 0.2) is 380 Å². The fourth-order valence-corrected chi connectivity index (χ4v) is 28.1. The molecule has 16 heteroatoms. The molecule has 4 amide bonds. The predicted octanol–water partition coefficient (Wildman–Crippen LogP) is 25.2. The average molecular weight is 1860 g/mol. The second-order valence-corrected chi connectivity index (χ2v) is 40.5. The van der Waals surface area contributed by atoms with Crippen LogP contribution < -0.4 is 42.0 Å². The van der Waals surface area contributed by atoms with Gasteiger partial charge in [-0.3, -0.25) is 0 Å². The van der Waals surface area contributed by atoms with E-state index in [1.807, 2.05) is 109 Å². The van der Waals surface area contributed by atoms with Crippen molar-refractivity contribution >= 4 is 166 Å². The minimum absolute atomic E-state index is 0. The Hall–Kier alpha value is -16.1. The van der Waals surface area contributed by atoms with Crippen LogP contribution in [0.25, 0.3) is 112 Å². The van der Waals surface area contributed by atoms with E-state index in [1.54, 1.807) is 24.3 Å². The Morgan fingerprint density at radius 3 is 1.22 bits per heavy atom. The third kappa shape index (κ3) is 13.8. The van der Waals surface area contributed by atoms with E-state index in [1.165, 1.54) is 118 Å². The summed E-state index contributed by atoms with van der Waals surface area (Å²) in [5.74, 6) is -1.21. The molecule has 18 aromatic rings. The molecule has 0 aliphatic carbocycles. The molecule has 0 unspecified atom stereocenters. The second kappa shape index (κ2) is 35.2. The number of benzene rings is 14. The Morgan fingerprint density at radius 2 is 0.736 bits per heavy atom. The van der Waals surface area contributed by atoms with Crippen molar-refractivity contribution in [2.75, 3.05) is 9.80 Å². The van der Waals surface area contributed by atoms with Gasteiger partial charge < -0.3 is 21.5 Å². The molecule has 7 aliphatic rings. The summed E-state index contributed by atoms with van der Waals surface area (Å²) < 4.78 is 29.8. The molecule has 682 valence electrons. The van der Waals surface area contributed by atoms with Crippen LogP contribution in [0.3, 0.4) is 0 Å². The van der Waals surface area contributed by atoms with Crippen molar-refractivity contribution < 1.29 is 45.0 Å². The van der Waals surface area contributed by atoms with E-state index in [0.717, 1.165) is 126 Å². The number of carbonyl (C=O) groups excluding carboxylic acids is 4. The van der Waals surface area contributed by atoms with E-state index in [2.05, 4.69) is 291 Å². The number of amides is 4. The quantitative estimate of drug-likeness (QED) is 0.0208. The van der Waals surface area contributed by atoms with E-state index < -0.39 is 31.1 Å². The van der Waals surface area contributed by atoms with Crippen molar-refractivity contribution in [3.63, 3.8) is 0 Å². The maximum atomic E-state index is 15.8. The summed E-state index contributed by atoms with van der Waals surface area (Å²) in [4.78, 5) is 71.5. The van der Waals surface area contributed by atoms with Crippen LogP contribution in [-0.2, 0) is 13.1 Å². The molecular formula is C124H98ClN8O6P. The summed E-state index contributed by atoms with van der Waals surface area (Å²) in [6.07, 6.45) is 31.8. The third-order valence-corrected chi connectivity index (χ3v) is 33.5. The van der Waals surface area contributed by atoms with E-state index in [9.17, 15) is 0 Å². The normalized spacial score (nSPS) is 15.6. The number of aliphatic imine (C=N–C) groups is 1. The molecule has 2 bridgehead atoms. The van der Waals surface area contributed by atoms with Crippen LogP contribution in [-0.4, -0.2) is 57.2 Å². The number of aromatic nitrogens is 4. The van der Waals surface area contributed by atoms with Gasteiger partial charge in [0.15, 0.2) is 0 Å². The summed E-state index contributed by atoms with van der Waals surface area (Å²) in [5, 5.41) is 9.12. The van der Waals surface area contributed by atoms with Gasteiger partial charge in [0, 0.05) is 56.7 Å². The molecule has 14 aromatic carbocycles. The number of aryl methyl sites for hydroxylation is 2. The van der Waals surface area contributed by atoms with Gasteiger partial charge in [0.1, 0.15) is 0 Å². The Balaban J connectivity index is 0.0000106. The van der Waals surface area contributed by atoms with Crippen LogP contribution in [0.4, 0.5) is 11.4 Å². The zero-order valence-electron chi connectivity index (χ0n) is 77.7. The number of hydrogen-bond acceptors (Lipinski definition) is 7. The maximum Gasteiger partial charge on any atom is 0.0491 e. The molecule has 25 rings (SSSR count). The van der Waals surface area contributed by atoms with Crippen molar-refractivity contribution in [1.82, 2.24) is 17.8 Å². The smallest absolute Gasteiger partial charge is 0.0491 e. The maximum absolute atomic E-state index is 15.8. The van der Waals surface area contributed by atoms with Gasteiger partial charge >= 0.3 is 546 Å². The van der Waals surface area contributed by atoms with Gasteiger partial charge in [-0.05, 0) is 60.4 Å². The number of allylic oxidation sites excluding steroid dienone is 4. The minimum Gasteiger partial charge on any atom is -1.00 e. The number of carbonyl (C=O) groups is 4. The van der Waals surface area contributed by atoms with Gasteiger partial charge in [-0.25, -0.2) is 0 Å². The summed E-state index contributed by atoms with van der Waals surface area (Å²) in [6.45, 7) is 6.46. The standard InChI is InChI=1S/C124H98N8O6P.ClH/c1-3-5-7-9-11-29-77-126-105-47-27-25-41-95(105)101-79-81(51-69-107(101)126)49-53-83-55-65-99-119-93(83)43-31-45-97(119)121(133)128(123(99)135)89-57-61-91(62-58-89)137-139(138-92-63-59-90(60-64-92)129-122(134)98-46-32-44-94-84(56-66-100(120(94)98)124(129)136)54-50-82-52-70-108-102(80-82)96-42-26-28-48-106(96)127(108)78-30-12-10-8-6-4-2)130-109-71-73-111(130)117(87-37-21-15-22-38-87)113-75-76-114(132(113)139)118(88-39-23-16-24-40-88)112-74-72-110(131(112)139)116(86-35-19-14-20-36-86)104-68-67-103(125-104)115(109)85-33-17-13-18-34-85;/h13-28,31-76,79-80H,3-12,29-30,77-78H2,1-2H3;1H/q+1;/p-1/b53-49+,54-50+,115-103?,115-109?,116-104?,116-110?;. The number of para-hydroxylation sites is 2. The molecule has 0 spiro atoms. The topological polar surface area (TPSA) is 128 Å². The van der Waals surface area contributed by atoms with Crippen LogP contribution in [0.2, 0.25) is 0 Å². The zero-order valence-corrected chi connectivity index (χ0v) is 79.4. The number of rotatable bonds is 28. The second-order valence-electron chi connectivity index (χ2n) is 37.3. The minimum atomic E-state index is -5.89. The van der Waals surface area contributed by atoms with Crippen molar-refractivity contribution in [3.05, 3.63) is 464 Å². The third-order valence-electron chi connectivity index (χ3n) is 29.1. The molecule has 11 heterocycles. The first-order valence-corrected chi connectivity index (χ1v) is 50.9. The van der Waals surface area contributed by atoms with Crippen molar-refractivity contribution in [1.29, 1.82) is 0 Å². The Morgan fingerprint density at radius 1 is 0.329 bits per heavy atom. The number of halogens is 1. The van der Waals surface area contributed by atoms with Gasteiger partial charge in [0.25, 0.3) is 0 Å². The number of nitrogens with zero attached hydrogens (tertiary/aromatic N) is 8. The predicted molar refractivity (Wildman–Crippen MR) is 567 cm³/mol. The molecule has 0 atom stereocenters. The van der Waals surface area contributed by atoms with E-state index in [0.29, 0.717) is 78.4 Å². The van der Waals surface area contributed by atoms with Crippen molar-refractivity contribution in [2.24, 2.45) is 4.99 Å². The van der Waals surface area contributed by atoms with Gasteiger partial charge in [-0.2, -0.15) is 0 Å². The van der Waals surface area contributed by atoms with Gasteiger partial charge in [0.2, 0.25) is 0 Å². The van der Waals surface area contributed by atoms with Gasteiger partial charge in [-0.15, -0.1) is 0 Å². The molecule has 0 N–H and O–H groups in total. The van der Waals surface area contributed by atoms with Gasteiger partial charge in [-0.1, -0.05) is 139 Å². The van der Waals surface area contributed by atoms with Crippen LogP contribution in [0, 0.1) is 0 Å². The first-order valence-electron chi connectivity index (χ1n) is 49.0. The number of unbranched alkanes of at least 4 members (excludes halogenated alkanes) is 10. The molecule has 140 heavy (non-hydrogen) atoms. The fourth-order valence-electron chi connectivity index (χ4n) is 22.8. The zero-order chi connectivity index (χ0) is 93.2. The Bertz CT molecular complexity index is 8330. The number of anilines is 2. The monoisotopic (exact) mass is 1860 g/mol. The molecule has 0 radical (unpaired) electrons. The molecule has 0 fully saturated rings. The first kappa shape index (κ1) is 86.7. The van der Waals surface area contributed by atoms with Crippen LogP contribution in [0.1, 0.15) is 188 Å². The Kier molecular flexibility index (Phi) is 21.8. The number of hydrogen-bond donors (Lipinski definition) is 0. The van der Waals surface area contributed by atoms with Crippen LogP contribution >= 0.6 is 7.51 Å². The molecule has 14 nitrogen and oxygen atoms in total. The van der Waals surface area contributed by atoms with E-state index in [4.69, 9.17) is 14.0 Å². The summed E-state index contributed by atoms with van der Waals surface area (Å²) in [6, 6.07) is 115. The number of imide groups is 2. The van der Waals surface area contributed by atoms with E-state index in [-0.39, 0.29) is 12.4 Å². The number of fused-ring (bicyclic) bond motifs is 7. The van der Waals surface area contributed by atoms with Gasteiger partial charge in [0.05, 0.1) is 0 Å². The molecule has 4 aromatic heterocycles. The Labute approximate surface area is 817 Å². The average Bonchev–Trinajstić information content (AvgIpc) is 1.62. The molecular weight excluding hydrogens is 1760 g/mol. The van der Waals surface area contributed by atoms with Crippen molar-refractivity contribution in [2.45, 2.75) is 104 Å². The SMILES string of the molecule is CCCCCCCCn1c2ccccc2c2cc(/C=C/c3ccc4c5c(cccc35)C(=O)N(c3ccc(OP56(Oc7ccc(N8C(=O)c9cccc%10c(/C=C/c%11ccc%12c(c%11)c%11ccccc%11n%12CCCCCCCC)ccc(c9%10)C8=O)cc7)n7c8ccc7C(c7ccccc7)=C7C=CC(=[N+]75)C(c5ccccc5)=c5ccc(n56)=C(c5ccccc5)C5=NC(=C8c6ccccc6)C=C5)cc3)C4=O)ccc21.[Cl-]. The summed E-state index contributed by atoms with van der Waals surface area (Å²) >= 11 is 0. The summed E-state index contributed by atoms with van der Waals surface area (Å²) in [5.41, 5.74) is 22.4. The fraction of sp³-hybridized carbons (Fsp3) is 0.129. The largest absolute Gasteiger partial charge is 1.00 e. The van der Waals surface area contributed by atoms with E-state index >= 15 is 19.2 Å². The molecule has 0 saturated carbocycles. The summed E-state index contributed by atoms with van der Waals surface area (Å²) in [7, 11) is -5.89.